The minimum absolute atomic E-state index is 0.460. The first-order valence-electron chi connectivity index (χ1n) is 6.29. The molecule has 1 unspecified atom stereocenters. The molecule has 0 saturated carbocycles. The quantitative estimate of drug-likeness (QED) is 0.642. The molecule has 102 valence electrons. The van der Waals surface area contributed by atoms with Crippen molar-refractivity contribution in [1.82, 2.24) is 15.5 Å². The molecule has 1 aromatic heterocycles. The van der Waals surface area contributed by atoms with Gasteiger partial charge in [-0.25, -0.2) is 4.99 Å². The van der Waals surface area contributed by atoms with Crippen LogP contribution in [-0.4, -0.2) is 16.0 Å². The van der Waals surface area contributed by atoms with Crippen molar-refractivity contribution in [3.05, 3.63) is 65.2 Å². The maximum Gasteiger partial charge on any atom is 0.177 e. The second-order valence-electron chi connectivity index (χ2n) is 4.81. The van der Waals surface area contributed by atoms with Crippen LogP contribution in [0.2, 0.25) is 0 Å². The van der Waals surface area contributed by atoms with E-state index in [4.69, 9.17) is 11.5 Å². The molecule has 0 bridgehead atoms. The number of nitrogens with two attached hydrogens (primary N) is 2. The van der Waals surface area contributed by atoms with Crippen LogP contribution in [0.15, 0.2) is 53.3 Å². The summed E-state index contributed by atoms with van der Waals surface area (Å²) in [5.74, 6) is 1.09. The molecule has 20 heavy (non-hydrogen) atoms. The number of nitrogens with zero attached hydrogens (tertiary/aromatic N) is 2. The highest BCUT2D eigenvalue weighted by Crippen LogP contribution is 2.24. The maximum atomic E-state index is 6.35. The lowest BCUT2D eigenvalue weighted by molar-refractivity contribution is 0.553. The Morgan fingerprint density at radius 2 is 1.95 bits per heavy atom. The van der Waals surface area contributed by atoms with Crippen LogP contribution >= 0.6 is 0 Å². The fourth-order valence-corrected chi connectivity index (χ4v) is 2.14. The number of aromatic nitrogens is 2. The molecule has 3 rings (SSSR count). The molecular formula is C14H16N6. The summed E-state index contributed by atoms with van der Waals surface area (Å²) >= 11 is 0. The zero-order chi connectivity index (χ0) is 14.2. The summed E-state index contributed by atoms with van der Waals surface area (Å²) in [6, 6.07) is 11.6. The first-order valence-corrected chi connectivity index (χ1v) is 6.29. The predicted octanol–water partition coefficient (Wildman–Crippen LogP) is 0.680. The zero-order valence-corrected chi connectivity index (χ0v) is 11.1. The summed E-state index contributed by atoms with van der Waals surface area (Å²) in [4.78, 5) is 4.56. The summed E-state index contributed by atoms with van der Waals surface area (Å²) in [5, 5.41) is 10.1. The van der Waals surface area contributed by atoms with Gasteiger partial charge < -0.3 is 11.1 Å². The Labute approximate surface area is 116 Å². The highest BCUT2D eigenvalue weighted by atomic mass is 15.2. The first kappa shape index (κ1) is 12.4. The number of aryl methyl sites for hydroxylation is 1. The van der Waals surface area contributed by atoms with E-state index in [1.165, 1.54) is 0 Å². The highest BCUT2D eigenvalue weighted by Gasteiger charge is 2.31. The number of rotatable bonds is 2. The zero-order valence-electron chi connectivity index (χ0n) is 11.1. The van der Waals surface area contributed by atoms with Crippen molar-refractivity contribution in [2.24, 2.45) is 16.5 Å². The van der Waals surface area contributed by atoms with E-state index in [1.54, 1.807) is 6.08 Å². The summed E-state index contributed by atoms with van der Waals surface area (Å²) < 4.78 is 0. The third kappa shape index (κ3) is 2.17. The molecule has 1 aliphatic heterocycles. The normalized spacial score (nSPS) is 21.9. The number of aromatic amines is 1. The van der Waals surface area contributed by atoms with Gasteiger partial charge in [-0.1, -0.05) is 30.3 Å². The molecule has 6 nitrogen and oxygen atoms in total. The number of hydrogen-bond acceptors (Lipinski definition) is 5. The van der Waals surface area contributed by atoms with Crippen LogP contribution in [0.3, 0.4) is 0 Å². The molecule has 1 aliphatic rings. The standard InChI is InChI=1S/C14H16N6/c1-9-7-11(20-19-9)14(16)8-12(15)17-13(18-14)10-5-3-2-4-6-10/h2-8H,15-16H2,1H3,(H,17,18)(H,19,20). The summed E-state index contributed by atoms with van der Waals surface area (Å²) in [6.45, 7) is 1.91. The molecule has 0 fully saturated rings. The van der Waals surface area contributed by atoms with E-state index >= 15 is 0 Å². The van der Waals surface area contributed by atoms with Gasteiger partial charge in [0.25, 0.3) is 0 Å². The van der Waals surface area contributed by atoms with Gasteiger partial charge in [0.1, 0.15) is 17.4 Å². The second-order valence-corrected chi connectivity index (χ2v) is 4.81. The van der Waals surface area contributed by atoms with Gasteiger partial charge in [-0.3, -0.25) is 10.8 Å². The Kier molecular flexibility index (Phi) is 2.80. The van der Waals surface area contributed by atoms with E-state index in [0.29, 0.717) is 17.4 Å². The van der Waals surface area contributed by atoms with E-state index < -0.39 is 5.66 Å². The van der Waals surface area contributed by atoms with Crippen LogP contribution < -0.4 is 16.8 Å². The second kappa shape index (κ2) is 4.50. The van der Waals surface area contributed by atoms with Gasteiger partial charge in [-0.15, -0.1) is 0 Å². The van der Waals surface area contributed by atoms with E-state index in [2.05, 4.69) is 20.5 Å². The fraction of sp³-hybridized carbons (Fsp3) is 0.143. The number of amidine groups is 1. The molecule has 0 saturated heterocycles. The van der Waals surface area contributed by atoms with Crippen molar-refractivity contribution in [1.29, 1.82) is 0 Å². The van der Waals surface area contributed by atoms with Crippen LogP contribution in [0.25, 0.3) is 0 Å². The van der Waals surface area contributed by atoms with Gasteiger partial charge in [-0.2, -0.15) is 5.10 Å². The van der Waals surface area contributed by atoms with Crippen molar-refractivity contribution in [2.45, 2.75) is 12.6 Å². The third-order valence-corrected chi connectivity index (χ3v) is 3.10. The summed E-state index contributed by atoms with van der Waals surface area (Å²) in [6.07, 6.45) is 1.66. The molecular weight excluding hydrogens is 252 g/mol. The van der Waals surface area contributed by atoms with Crippen LogP contribution in [0.4, 0.5) is 0 Å². The highest BCUT2D eigenvalue weighted by molar-refractivity contribution is 6.00. The number of nitrogens with one attached hydrogen (secondary N) is 2. The maximum absolute atomic E-state index is 6.35. The Balaban J connectivity index is 2.06. The average molecular weight is 268 g/mol. The van der Waals surface area contributed by atoms with Crippen molar-refractivity contribution in [3.8, 4) is 0 Å². The monoisotopic (exact) mass is 268 g/mol. The number of H-pyrrole nitrogens is 1. The fourth-order valence-electron chi connectivity index (χ4n) is 2.14. The lowest BCUT2D eigenvalue weighted by Gasteiger charge is -2.27. The van der Waals surface area contributed by atoms with E-state index in [9.17, 15) is 0 Å². The van der Waals surface area contributed by atoms with E-state index in [0.717, 1.165) is 11.3 Å². The molecule has 2 aromatic rings. The van der Waals surface area contributed by atoms with Crippen LogP contribution in [0.5, 0.6) is 0 Å². The molecule has 0 radical (unpaired) electrons. The summed E-state index contributed by atoms with van der Waals surface area (Å²) in [7, 11) is 0. The number of benzene rings is 1. The van der Waals surface area contributed by atoms with Crippen molar-refractivity contribution in [2.75, 3.05) is 0 Å². The molecule has 2 heterocycles. The lowest BCUT2D eigenvalue weighted by atomic mass is 10.0. The van der Waals surface area contributed by atoms with E-state index in [-0.39, 0.29) is 0 Å². The van der Waals surface area contributed by atoms with Gasteiger partial charge >= 0.3 is 0 Å². The number of hydrogen-bond donors (Lipinski definition) is 4. The largest absolute Gasteiger partial charge is 0.385 e. The van der Waals surface area contributed by atoms with Crippen LogP contribution in [0.1, 0.15) is 17.0 Å². The van der Waals surface area contributed by atoms with Crippen molar-refractivity contribution < 1.29 is 0 Å². The lowest BCUT2D eigenvalue weighted by Crippen LogP contribution is -2.44. The predicted molar refractivity (Wildman–Crippen MR) is 77.6 cm³/mol. The van der Waals surface area contributed by atoms with E-state index in [1.807, 2.05) is 43.3 Å². The topological polar surface area (TPSA) is 105 Å². The molecule has 1 aromatic carbocycles. The van der Waals surface area contributed by atoms with Crippen molar-refractivity contribution in [3.63, 3.8) is 0 Å². The average Bonchev–Trinajstić information content (AvgIpc) is 2.86. The minimum atomic E-state index is -1.06. The molecule has 0 spiro atoms. The molecule has 0 aliphatic carbocycles. The van der Waals surface area contributed by atoms with Crippen LogP contribution in [-0.2, 0) is 5.66 Å². The summed E-state index contributed by atoms with van der Waals surface area (Å²) in [5.41, 5.74) is 13.7. The first-order chi connectivity index (χ1) is 9.57. The minimum Gasteiger partial charge on any atom is -0.385 e. The number of aliphatic imine (C=N–C) groups is 1. The molecule has 1 atom stereocenters. The SMILES string of the molecule is Cc1cc(C2(N)C=C(N)NC(c3ccccc3)=N2)n[nH]1. The van der Waals surface area contributed by atoms with Gasteiger partial charge in [-0.05, 0) is 13.0 Å². The Bertz CT molecular complexity index is 685. The van der Waals surface area contributed by atoms with Crippen molar-refractivity contribution >= 4 is 5.84 Å². The Hall–Kier alpha value is -2.60. The van der Waals surface area contributed by atoms with Gasteiger partial charge in [0.05, 0.1) is 0 Å². The Morgan fingerprint density at radius 3 is 2.60 bits per heavy atom. The molecule has 6 N–H and O–H groups in total. The third-order valence-electron chi connectivity index (χ3n) is 3.10. The molecule has 0 amide bonds. The van der Waals surface area contributed by atoms with Crippen LogP contribution in [0, 0.1) is 6.92 Å². The van der Waals surface area contributed by atoms with Gasteiger partial charge in [0.15, 0.2) is 5.66 Å². The smallest absolute Gasteiger partial charge is 0.177 e. The Morgan fingerprint density at radius 1 is 1.20 bits per heavy atom. The van der Waals surface area contributed by atoms with Gasteiger partial charge in [0, 0.05) is 17.3 Å². The molecule has 6 heteroatoms. The van der Waals surface area contributed by atoms with Gasteiger partial charge in [0.2, 0.25) is 0 Å².